The molecule has 1 heterocycles. The third kappa shape index (κ3) is 4.88. The highest BCUT2D eigenvalue weighted by Crippen LogP contribution is 2.29. The first-order chi connectivity index (χ1) is 14.1. The van der Waals surface area contributed by atoms with Crippen molar-refractivity contribution >= 4 is 27.5 Å². The van der Waals surface area contributed by atoms with Crippen molar-refractivity contribution in [1.29, 1.82) is 0 Å². The number of nitrogens with zero attached hydrogens (tertiary/aromatic N) is 2. The third-order valence-electron chi connectivity index (χ3n) is 5.71. The van der Waals surface area contributed by atoms with E-state index in [4.69, 9.17) is 11.6 Å². The summed E-state index contributed by atoms with van der Waals surface area (Å²) in [6.07, 6.45) is 1.07. The van der Waals surface area contributed by atoms with E-state index >= 15 is 0 Å². The predicted molar refractivity (Wildman–Crippen MR) is 120 cm³/mol. The second kappa shape index (κ2) is 9.08. The number of rotatable bonds is 5. The molecule has 0 aliphatic carbocycles. The Labute approximate surface area is 184 Å². The molecule has 0 bridgehead atoms. The van der Waals surface area contributed by atoms with Gasteiger partial charge in [-0.3, -0.25) is 4.79 Å². The van der Waals surface area contributed by atoms with E-state index < -0.39 is 10.0 Å². The quantitative estimate of drug-likeness (QED) is 0.684. The zero-order valence-corrected chi connectivity index (χ0v) is 19.6. The second-order valence-corrected chi connectivity index (χ2v) is 10.5. The highest BCUT2D eigenvalue weighted by molar-refractivity contribution is 7.89. The van der Waals surface area contributed by atoms with Crippen LogP contribution in [0.15, 0.2) is 41.3 Å². The van der Waals surface area contributed by atoms with Crippen molar-refractivity contribution in [3.63, 3.8) is 0 Å². The maximum absolute atomic E-state index is 13.2. The van der Waals surface area contributed by atoms with Gasteiger partial charge in [-0.25, -0.2) is 8.42 Å². The number of halogens is 1. The van der Waals surface area contributed by atoms with Crippen molar-refractivity contribution in [1.82, 2.24) is 9.21 Å². The molecular formula is C23H29ClN2O3S. The molecule has 1 fully saturated rings. The van der Waals surface area contributed by atoms with E-state index in [1.54, 1.807) is 11.9 Å². The van der Waals surface area contributed by atoms with Gasteiger partial charge in [0.25, 0.3) is 0 Å². The van der Waals surface area contributed by atoms with Crippen LogP contribution in [0.25, 0.3) is 0 Å². The van der Waals surface area contributed by atoms with Crippen LogP contribution in [0.1, 0.15) is 35.1 Å². The lowest BCUT2D eigenvalue weighted by molar-refractivity contribution is -0.135. The Morgan fingerprint density at radius 2 is 1.60 bits per heavy atom. The first-order valence-electron chi connectivity index (χ1n) is 10.2. The maximum atomic E-state index is 13.2. The molecule has 0 saturated carbocycles. The van der Waals surface area contributed by atoms with Gasteiger partial charge in [-0.2, -0.15) is 4.31 Å². The van der Waals surface area contributed by atoms with Gasteiger partial charge in [-0.05, 0) is 62.4 Å². The van der Waals surface area contributed by atoms with E-state index in [2.05, 4.69) is 0 Å². The average molecular weight is 449 g/mol. The van der Waals surface area contributed by atoms with E-state index in [1.165, 1.54) is 4.31 Å². The summed E-state index contributed by atoms with van der Waals surface area (Å²) in [6, 6.07) is 11.3. The first-order valence-corrected chi connectivity index (χ1v) is 12.0. The third-order valence-corrected chi connectivity index (χ3v) is 8.17. The molecule has 2 aromatic rings. The largest absolute Gasteiger partial charge is 0.341 e. The number of aryl methyl sites for hydroxylation is 3. The van der Waals surface area contributed by atoms with Crippen molar-refractivity contribution in [3.05, 3.63) is 63.7 Å². The minimum atomic E-state index is -3.57. The summed E-state index contributed by atoms with van der Waals surface area (Å²) in [4.78, 5) is 15.0. The first kappa shape index (κ1) is 22.8. The van der Waals surface area contributed by atoms with Gasteiger partial charge in [0, 0.05) is 37.6 Å². The number of carbonyl (C=O) groups is 1. The molecule has 0 aromatic heterocycles. The van der Waals surface area contributed by atoms with Crippen LogP contribution < -0.4 is 0 Å². The van der Waals surface area contributed by atoms with Crippen molar-refractivity contribution in [2.75, 3.05) is 20.1 Å². The molecule has 3 rings (SSSR count). The predicted octanol–water partition coefficient (Wildman–Crippen LogP) is 4.32. The molecule has 1 amide bonds. The van der Waals surface area contributed by atoms with Gasteiger partial charge in [0.15, 0.2) is 0 Å². The lowest BCUT2D eigenvalue weighted by atomic mass is 9.96. The topological polar surface area (TPSA) is 57.7 Å². The molecule has 0 atom stereocenters. The number of hydrogen-bond acceptors (Lipinski definition) is 3. The summed E-state index contributed by atoms with van der Waals surface area (Å²) in [5.41, 5.74) is 3.61. The van der Waals surface area contributed by atoms with Crippen LogP contribution in [-0.4, -0.2) is 43.7 Å². The summed E-state index contributed by atoms with van der Waals surface area (Å²) < 4.78 is 28.0. The zero-order chi connectivity index (χ0) is 22.1. The highest BCUT2D eigenvalue weighted by atomic mass is 35.5. The number of sulfonamides is 1. The highest BCUT2D eigenvalue weighted by Gasteiger charge is 2.34. The normalized spacial score (nSPS) is 15.9. The summed E-state index contributed by atoms with van der Waals surface area (Å²) in [7, 11) is -1.78. The molecule has 0 N–H and O–H groups in total. The average Bonchev–Trinajstić information content (AvgIpc) is 2.68. The van der Waals surface area contributed by atoms with Gasteiger partial charge in [-0.1, -0.05) is 41.4 Å². The fraction of sp³-hybridized carbons (Fsp3) is 0.435. The van der Waals surface area contributed by atoms with Gasteiger partial charge < -0.3 is 4.90 Å². The smallest absolute Gasteiger partial charge is 0.243 e. The van der Waals surface area contributed by atoms with Crippen molar-refractivity contribution in [2.24, 2.45) is 5.92 Å². The number of amides is 1. The maximum Gasteiger partial charge on any atom is 0.243 e. The van der Waals surface area contributed by atoms with Crippen LogP contribution in [0, 0.1) is 26.7 Å². The molecule has 162 valence electrons. The van der Waals surface area contributed by atoms with Gasteiger partial charge in [0.1, 0.15) is 0 Å². The minimum Gasteiger partial charge on any atom is -0.341 e. The van der Waals surface area contributed by atoms with Gasteiger partial charge in [0.05, 0.1) is 4.90 Å². The van der Waals surface area contributed by atoms with Crippen LogP contribution in [0.2, 0.25) is 5.02 Å². The van der Waals surface area contributed by atoms with Crippen molar-refractivity contribution in [2.45, 2.75) is 45.1 Å². The summed E-state index contributed by atoms with van der Waals surface area (Å²) >= 11 is 5.92. The molecule has 1 aliphatic heterocycles. The Morgan fingerprint density at radius 3 is 2.13 bits per heavy atom. The number of piperidine rings is 1. The number of hydrogen-bond donors (Lipinski definition) is 0. The van der Waals surface area contributed by atoms with Crippen LogP contribution in [0.4, 0.5) is 0 Å². The van der Waals surface area contributed by atoms with Crippen molar-refractivity contribution < 1.29 is 13.2 Å². The van der Waals surface area contributed by atoms with Crippen LogP contribution in [0.3, 0.4) is 0 Å². The Hall–Kier alpha value is -1.89. The fourth-order valence-electron chi connectivity index (χ4n) is 4.30. The van der Waals surface area contributed by atoms with E-state index in [-0.39, 0.29) is 11.8 Å². The summed E-state index contributed by atoms with van der Waals surface area (Å²) in [6.45, 7) is 6.88. The molecule has 1 aliphatic rings. The molecule has 0 radical (unpaired) electrons. The van der Waals surface area contributed by atoms with Gasteiger partial charge >= 0.3 is 0 Å². The van der Waals surface area contributed by atoms with E-state index in [0.29, 0.717) is 42.4 Å². The number of benzene rings is 2. The molecule has 0 unspecified atom stereocenters. The van der Waals surface area contributed by atoms with E-state index in [0.717, 1.165) is 22.3 Å². The molecule has 30 heavy (non-hydrogen) atoms. The van der Waals surface area contributed by atoms with Gasteiger partial charge in [-0.15, -0.1) is 0 Å². The van der Waals surface area contributed by atoms with Crippen LogP contribution in [-0.2, 0) is 21.4 Å². The number of carbonyl (C=O) groups excluding carboxylic acids is 1. The standard InChI is InChI=1S/C23H29ClN2O3S/c1-16-13-17(2)22(18(3)14-16)30(28,29)26-11-9-20(10-12-26)23(27)25(4)15-19-5-7-21(24)8-6-19/h5-8,13-14,20H,9-12,15H2,1-4H3. The molecule has 0 spiro atoms. The minimum absolute atomic E-state index is 0.0599. The fourth-order valence-corrected chi connectivity index (χ4v) is 6.31. The monoisotopic (exact) mass is 448 g/mol. The lowest BCUT2D eigenvalue weighted by Crippen LogP contribution is -2.43. The SMILES string of the molecule is Cc1cc(C)c(S(=O)(=O)N2CCC(C(=O)N(C)Cc3ccc(Cl)cc3)CC2)c(C)c1. The molecule has 1 saturated heterocycles. The Bertz CT molecular complexity index is 1000. The molecule has 5 nitrogen and oxygen atoms in total. The van der Waals surface area contributed by atoms with E-state index in [9.17, 15) is 13.2 Å². The van der Waals surface area contributed by atoms with Crippen LogP contribution in [0.5, 0.6) is 0 Å². The zero-order valence-electron chi connectivity index (χ0n) is 18.0. The lowest BCUT2D eigenvalue weighted by Gasteiger charge is -2.33. The molecular weight excluding hydrogens is 420 g/mol. The Kier molecular flexibility index (Phi) is 6.90. The van der Waals surface area contributed by atoms with Gasteiger partial charge in [0.2, 0.25) is 15.9 Å². The Balaban J connectivity index is 1.65. The molecule has 7 heteroatoms. The Morgan fingerprint density at radius 1 is 1.07 bits per heavy atom. The summed E-state index contributed by atoms with van der Waals surface area (Å²) in [5.74, 6) is -0.0985. The second-order valence-electron chi connectivity index (χ2n) is 8.23. The molecule has 2 aromatic carbocycles. The van der Waals surface area contributed by atoms with Crippen molar-refractivity contribution in [3.8, 4) is 0 Å². The van der Waals surface area contributed by atoms with Crippen LogP contribution >= 0.6 is 11.6 Å². The summed E-state index contributed by atoms with van der Waals surface area (Å²) in [5, 5.41) is 0.667. The van der Waals surface area contributed by atoms with E-state index in [1.807, 2.05) is 57.2 Å².